The first-order valence-corrected chi connectivity index (χ1v) is 17.5. The van der Waals surface area contributed by atoms with E-state index in [2.05, 4.69) is 56.1 Å². The summed E-state index contributed by atoms with van der Waals surface area (Å²) in [6.45, 7) is 5.49. The molecule has 5 N–H and O–H groups in total. The Hall–Kier alpha value is -6.28. The summed E-state index contributed by atoms with van der Waals surface area (Å²) >= 11 is 0. The molecule has 0 unspecified atom stereocenters. The van der Waals surface area contributed by atoms with Crippen molar-refractivity contribution in [3.8, 4) is 22.8 Å². The summed E-state index contributed by atoms with van der Waals surface area (Å²) in [5, 5.41) is 16.9. The maximum Gasteiger partial charge on any atom is 0.407 e. The molecule has 4 heterocycles. The van der Waals surface area contributed by atoms with Gasteiger partial charge >= 0.3 is 6.09 Å². The van der Waals surface area contributed by atoms with Gasteiger partial charge in [-0.2, -0.15) is 20.2 Å². The molecule has 16 nitrogen and oxygen atoms in total. The lowest BCUT2D eigenvalue weighted by atomic mass is 10.0. The Labute approximate surface area is 337 Å². The van der Waals surface area contributed by atoms with Gasteiger partial charge in [0.1, 0.15) is 18.3 Å². The first kappa shape index (κ1) is 44.4. The van der Waals surface area contributed by atoms with Crippen LogP contribution in [0.2, 0.25) is 0 Å². The van der Waals surface area contributed by atoms with Crippen LogP contribution in [0.3, 0.4) is 0 Å². The van der Waals surface area contributed by atoms with Gasteiger partial charge < -0.3 is 26.4 Å². The van der Waals surface area contributed by atoms with Gasteiger partial charge in [0.05, 0.1) is 0 Å². The molecular weight excluding hydrogens is 784 g/mol. The van der Waals surface area contributed by atoms with E-state index in [1.165, 1.54) is 12.7 Å². The van der Waals surface area contributed by atoms with Gasteiger partial charge in [-0.15, -0.1) is 12.4 Å². The molecule has 0 bridgehead atoms. The van der Waals surface area contributed by atoms with Crippen LogP contribution < -0.4 is 21.7 Å². The molecule has 21 heteroatoms. The molecule has 0 aliphatic carbocycles. The van der Waals surface area contributed by atoms with E-state index in [1.54, 1.807) is 105 Å². The highest BCUT2D eigenvalue weighted by atomic mass is 35.5. The maximum atomic E-state index is 13.2. The molecule has 0 aliphatic rings. The van der Waals surface area contributed by atoms with Gasteiger partial charge in [0.15, 0.2) is 23.3 Å². The Morgan fingerprint density at radius 3 is 1.60 bits per heavy atom. The van der Waals surface area contributed by atoms with E-state index in [0.29, 0.717) is 62.6 Å². The number of hydrogen-bond acceptors (Lipinski definition) is 13. The molecule has 0 fully saturated rings. The average Bonchev–Trinajstić information content (AvgIpc) is 3.76. The summed E-state index contributed by atoms with van der Waals surface area (Å²) in [7, 11) is 3.58. The molecule has 6 aromatic rings. The van der Waals surface area contributed by atoms with Gasteiger partial charge in [0.2, 0.25) is 24.7 Å². The van der Waals surface area contributed by atoms with E-state index >= 15 is 0 Å². The maximum absolute atomic E-state index is 13.2. The summed E-state index contributed by atoms with van der Waals surface area (Å²) in [6.07, 6.45) is -0.195. The molecule has 308 valence electrons. The second-order valence-electron chi connectivity index (χ2n) is 13.5. The van der Waals surface area contributed by atoms with Crippen LogP contribution in [-0.2, 0) is 44.8 Å². The predicted molar refractivity (Wildman–Crippen MR) is 211 cm³/mol. The Kier molecular flexibility index (Phi) is 15.5. The number of nitrogens with zero attached hydrogens (tertiary/aromatic N) is 10. The fourth-order valence-corrected chi connectivity index (χ4v) is 5.28. The number of anilines is 4. The number of benzene rings is 2. The summed E-state index contributed by atoms with van der Waals surface area (Å²) in [5.41, 5.74) is 8.26. The molecular formula is C37H43ClF4N14O2. The number of aryl methyl sites for hydroxylation is 2. The molecule has 6 rings (SSSR count). The monoisotopic (exact) mass is 826 g/mol. The number of aromatic nitrogens is 10. The van der Waals surface area contributed by atoms with Crippen molar-refractivity contribution >= 4 is 42.0 Å². The second-order valence-corrected chi connectivity index (χ2v) is 13.5. The minimum atomic E-state index is -2.55. The van der Waals surface area contributed by atoms with Crippen molar-refractivity contribution in [3.05, 3.63) is 95.8 Å². The first-order chi connectivity index (χ1) is 27.1. The number of amides is 1. The van der Waals surface area contributed by atoms with Crippen molar-refractivity contribution in [2.75, 3.05) is 10.6 Å². The van der Waals surface area contributed by atoms with E-state index < -0.39 is 31.0 Å². The SMILES string of the molecule is Cl.Cn1ccc(Nc2ncnc(-c3ccc(CN)c(CC(F)F)c3)n2)n1.Cn1ccc(Nc2ncnc(-c3ccc(CNC(=O)OC(C)(C)C)c(CC(F)F)c3)n2)n1. The number of rotatable bonds is 13. The van der Waals surface area contributed by atoms with E-state index in [1.807, 2.05) is 0 Å². The molecule has 0 aliphatic heterocycles. The van der Waals surface area contributed by atoms with E-state index in [9.17, 15) is 22.4 Å². The van der Waals surface area contributed by atoms with E-state index in [-0.39, 0.29) is 37.9 Å². The molecule has 58 heavy (non-hydrogen) atoms. The number of alkyl halides is 4. The fourth-order valence-electron chi connectivity index (χ4n) is 5.28. The highest BCUT2D eigenvalue weighted by Crippen LogP contribution is 2.24. The second kappa shape index (κ2) is 20.2. The van der Waals surface area contributed by atoms with Gasteiger partial charge in [-0.1, -0.05) is 24.3 Å². The lowest BCUT2D eigenvalue weighted by Gasteiger charge is -2.20. The lowest BCUT2D eigenvalue weighted by Crippen LogP contribution is -2.32. The lowest BCUT2D eigenvalue weighted by molar-refractivity contribution is 0.0523. The van der Waals surface area contributed by atoms with Crippen LogP contribution in [0.5, 0.6) is 0 Å². The quantitative estimate of drug-likeness (QED) is 0.0915. The third kappa shape index (κ3) is 13.4. The predicted octanol–water partition coefficient (Wildman–Crippen LogP) is 6.55. The smallest absolute Gasteiger partial charge is 0.407 e. The normalized spacial score (nSPS) is 11.1. The van der Waals surface area contributed by atoms with Gasteiger partial charge in [-0.3, -0.25) is 9.36 Å². The highest BCUT2D eigenvalue weighted by molar-refractivity contribution is 5.85. The van der Waals surface area contributed by atoms with Crippen LogP contribution in [-0.4, -0.2) is 74.0 Å². The minimum absolute atomic E-state index is 0. The molecule has 1 amide bonds. The van der Waals surface area contributed by atoms with Gasteiger partial charge in [0.25, 0.3) is 0 Å². The first-order valence-electron chi connectivity index (χ1n) is 17.5. The third-order valence-corrected chi connectivity index (χ3v) is 7.77. The molecule has 0 saturated heterocycles. The number of hydrogen-bond donors (Lipinski definition) is 4. The number of alkyl carbamates (subject to hydrolysis) is 1. The van der Waals surface area contributed by atoms with Crippen LogP contribution in [0.15, 0.2) is 73.6 Å². The summed E-state index contributed by atoms with van der Waals surface area (Å²) in [5.74, 6) is 2.46. The van der Waals surface area contributed by atoms with Crippen LogP contribution >= 0.6 is 12.4 Å². The van der Waals surface area contributed by atoms with Crippen molar-refractivity contribution in [3.63, 3.8) is 0 Å². The number of nitrogens with one attached hydrogen (secondary N) is 3. The molecule has 0 radical (unpaired) electrons. The summed E-state index contributed by atoms with van der Waals surface area (Å²) in [4.78, 5) is 37.0. The van der Waals surface area contributed by atoms with Crippen molar-refractivity contribution in [1.29, 1.82) is 0 Å². The van der Waals surface area contributed by atoms with Gasteiger partial charge in [-0.25, -0.2) is 42.3 Å². The molecule has 0 atom stereocenters. The molecule has 2 aromatic carbocycles. The van der Waals surface area contributed by atoms with Crippen LogP contribution in [0.25, 0.3) is 22.8 Å². The van der Waals surface area contributed by atoms with E-state index in [4.69, 9.17) is 10.5 Å². The standard InChI is InChI=1S/C21H25F2N7O2.C16H17F2N7.ClH/c1-21(2,3)32-20(31)24-11-14-6-5-13(9-15(14)10-16(22)23)18-25-12-26-19(28-18)27-17-7-8-30(4)29-17;1-25-5-4-14(24-25)22-16-21-9-20-15(23-16)10-2-3-11(8-19)12(6-10)7-13(17)18;/h5-9,12,16H,10-11H2,1-4H3,(H,24,31)(H,25,26,27,28,29);2-6,9,13H,7-8,19H2,1H3,(H,20,21,22,23,24);1H. The Morgan fingerprint density at radius 1 is 0.724 bits per heavy atom. The summed E-state index contributed by atoms with van der Waals surface area (Å²) < 4.78 is 60.4. The minimum Gasteiger partial charge on any atom is -0.444 e. The number of carbonyl (C=O) groups excluding carboxylic acids is 1. The van der Waals surface area contributed by atoms with Crippen LogP contribution in [0.1, 0.15) is 43.0 Å². The number of nitrogens with two attached hydrogens (primary N) is 1. The number of halogens is 5. The van der Waals surface area contributed by atoms with Gasteiger partial charge in [-0.05, 0) is 55.2 Å². The van der Waals surface area contributed by atoms with E-state index in [0.717, 1.165) is 0 Å². The average molecular weight is 827 g/mol. The van der Waals surface area contributed by atoms with Crippen molar-refractivity contribution < 1.29 is 27.1 Å². The molecule has 0 spiro atoms. The van der Waals surface area contributed by atoms with Crippen molar-refractivity contribution in [2.45, 2.75) is 65.2 Å². The zero-order valence-corrected chi connectivity index (χ0v) is 33.0. The number of ether oxygens (including phenoxy) is 1. The topological polar surface area (TPSA) is 201 Å². The zero-order chi connectivity index (χ0) is 41.1. The largest absolute Gasteiger partial charge is 0.444 e. The summed E-state index contributed by atoms with van der Waals surface area (Å²) in [6, 6.07) is 13.6. The van der Waals surface area contributed by atoms with Crippen LogP contribution in [0.4, 0.5) is 45.9 Å². The Balaban J connectivity index is 0.000000259. The highest BCUT2D eigenvalue weighted by Gasteiger charge is 2.18. The molecule has 0 saturated carbocycles. The fraction of sp³-hybridized carbons (Fsp3) is 0.324. The third-order valence-electron chi connectivity index (χ3n) is 7.77. The zero-order valence-electron chi connectivity index (χ0n) is 32.2. The molecule has 4 aromatic heterocycles. The van der Waals surface area contributed by atoms with Crippen molar-refractivity contribution in [2.24, 2.45) is 19.8 Å². The van der Waals surface area contributed by atoms with Crippen LogP contribution in [0, 0.1) is 0 Å². The van der Waals surface area contributed by atoms with Gasteiger partial charge in [0, 0.05) is 75.7 Å². The Morgan fingerprint density at radius 2 is 1.19 bits per heavy atom. The Bertz CT molecular complexity index is 2270. The number of carbonyl (C=O) groups is 1. The van der Waals surface area contributed by atoms with Crippen molar-refractivity contribution in [1.82, 2.24) is 54.8 Å².